The predicted octanol–water partition coefficient (Wildman–Crippen LogP) is 1.48. The lowest BCUT2D eigenvalue weighted by Gasteiger charge is -2.29. The third-order valence-corrected chi connectivity index (χ3v) is 4.47. The Balaban J connectivity index is 0.00000180. The fourth-order valence-electron chi connectivity index (χ4n) is 3.12. The quantitative estimate of drug-likeness (QED) is 0.856. The molecule has 2 rings (SSSR count). The van der Waals surface area contributed by atoms with E-state index in [1.807, 2.05) is 0 Å². The van der Waals surface area contributed by atoms with Crippen LogP contribution in [0.5, 0.6) is 0 Å². The van der Waals surface area contributed by atoms with Crippen molar-refractivity contribution in [3.63, 3.8) is 0 Å². The van der Waals surface area contributed by atoms with Crippen LogP contribution >= 0.6 is 12.4 Å². The van der Waals surface area contributed by atoms with Gasteiger partial charge >= 0.3 is 0 Å². The smallest absolute Gasteiger partial charge is 0.239 e. The van der Waals surface area contributed by atoms with Gasteiger partial charge in [0, 0.05) is 19.6 Å². The number of carbonyl (C=O) groups excluding carboxylic acids is 1. The molecule has 2 unspecified atom stereocenters. The molecule has 0 spiro atoms. The Bertz CT molecular complexity index is 280. The minimum absolute atomic E-state index is 0. The number of nitrogens with zero attached hydrogens (tertiary/aromatic N) is 2. The first-order valence-electron chi connectivity index (χ1n) is 7.45. The molecule has 2 fully saturated rings. The first-order chi connectivity index (χ1) is 8.72. The van der Waals surface area contributed by atoms with E-state index >= 15 is 0 Å². The molecule has 0 aromatic heterocycles. The fraction of sp³-hybridized carbons (Fsp3) is 0.929. The van der Waals surface area contributed by atoms with Crippen molar-refractivity contribution in [1.82, 2.24) is 9.80 Å². The second-order valence-corrected chi connectivity index (χ2v) is 5.80. The summed E-state index contributed by atoms with van der Waals surface area (Å²) in [5.41, 5.74) is 5.71. The van der Waals surface area contributed by atoms with Crippen molar-refractivity contribution in [2.45, 2.75) is 45.1 Å². The van der Waals surface area contributed by atoms with E-state index in [4.69, 9.17) is 5.73 Å². The summed E-state index contributed by atoms with van der Waals surface area (Å²) in [5, 5.41) is 0. The highest BCUT2D eigenvalue weighted by Crippen LogP contribution is 2.19. The molecule has 0 aromatic carbocycles. The molecule has 5 heteroatoms. The SMILES string of the molecule is CC(C(=O)N1CCCCCC1)N1CCC(CN)C1.Cl. The number of halogens is 1. The van der Waals surface area contributed by atoms with E-state index in [0.29, 0.717) is 11.8 Å². The van der Waals surface area contributed by atoms with Gasteiger partial charge in [-0.25, -0.2) is 0 Å². The largest absolute Gasteiger partial charge is 0.341 e. The number of amides is 1. The molecule has 112 valence electrons. The Morgan fingerprint density at radius 2 is 1.84 bits per heavy atom. The summed E-state index contributed by atoms with van der Waals surface area (Å²) in [6.07, 6.45) is 6.04. The van der Waals surface area contributed by atoms with Crippen LogP contribution in [0.4, 0.5) is 0 Å². The maximum Gasteiger partial charge on any atom is 0.239 e. The van der Waals surface area contributed by atoms with E-state index in [2.05, 4.69) is 16.7 Å². The molecular weight excluding hydrogens is 262 g/mol. The Morgan fingerprint density at radius 3 is 2.37 bits per heavy atom. The van der Waals surface area contributed by atoms with Crippen molar-refractivity contribution in [1.29, 1.82) is 0 Å². The number of rotatable bonds is 3. The van der Waals surface area contributed by atoms with E-state index in [0.717, 1.165) is 39.1 Å². The van der Waals surface area contributed by atoms with Crippen molar-refractivity contribution in [2.75, 3.05) is 32.7 Å². The van der Waals surface area contributed by atoms with Crippen LogP contribution in [0.3, 0.4) is 0 Å². The first kappa shape index (κ1) is 16.7. The summed E-state index contributed by atoms with van der Waals surface area (Å²) >= 11 is 0. The monoisotopic (exact) mass is 289 g/mol. The van der Waals surface area contributed by atoms with Crippen molar-refractivity contribution in [3.05, 3.63) is 0 Å². The molecule has 0 aliphatic carbocycles. The number of likely N-dealkylation sites (tertiary alicyclic amines) is 2. The van der Waals surface area contributed by atoms with Gasteiger partial charge in [0.15, 0.2) is 0 Å². The van der Waals surface area contributed by atoms with E-state index in [-0.39, 0.29) is 18.4 Å². The van der Waals surface area contributed by atoms with Crippen LogP contribution in [0.25, 0.3) is 0 Å². The maximum absolute atomic E-state index is 12.5. The van der Waals surface area contributed by atoms with Gasteiger partial charge in [-0.3, -0.25) is 9.69 Å². The number of hydrogen-bond donors (Lipinski definition) is 1. The zero-order valence-corrected chi connectivity index (χ0v) is 12.8. The molecule has 1 amide bonds. The molecule has 2 saturated heterocycles. The first-order valence-corrected chi connectivity index (χ1v) is 7.45. The van der Waals surface area contributed by atoms with Crippen LogP contribution in [0.2, 0.25) is 0 Å². The number of carbonyl (C=O) groups is 1. The van der Waals surface area contributed by atoms with Gasteiger partial charge in [0.25, 0.3) is 0 Å². The Kier molecular flexibility index (Phi) is 7.11. The molecular formula is C14H28ClN3O. The van der Waals surface area contributed by atoms with Gasteiger partial charge < -0.3 is 10.6 Å². The zero-order chi connectivity index (χ0) is 13.0. The minimum Gasteiger partial charge on any atom is -0.341 e. The second kappa shape index (κ2) is 8.08. The highest BCUT2D eigenvalue weighted by atomic mass is 35.5. The van der Waals surface area contributed by atoms with Gasteiger partial charge in [-0.2, -0.15) is 0 Å². The summed E-state index contributed by atoms with van der Waals surface area (Å²) in [7, 11) is 0. The van der Waals surface area contributed by atoms with Gasteiger partial charge in [-0.1, -0.05) is 12.8 Å². The highest BCUT2D eigenvalue weighted by molar-refractivity contribution is 5.85. The number of hydrogen-bond acceptors (Lipinski definition) is 3. The van der Waals surface area contributed by atoms with Gasteiger partial charge in [0.1, 0.15) is 0 Å². The van der Waals surface area contributed by atoms with Crippen molar-refractivity contribution < 1.29 is 4.79 Å². The molecule has 0 bridgehead atoms. The number of nitrogens with two attached hydrogens (primary N) is 1. The third-order valence-electron chi connectivity index (χ3n) is 4.47. The van der Waals surface area contributed by atoms with Gasteiger partial charge in [0.05, 0.1) is 6.04 Å². The standard InChI is InChI=1S/C14H27N3O.ClH/c1-12(17-9-6-13(10-15)11-17)14(18)16-7-4-2-3-5-8-16;/h12-13H,2-11,15H2,1H3;1H. The highest BCUT2D eigenvalue weighted by Gasteiger charge is 2.31. The molecule has 2 heterocycles. The second-order valence-electron chi connectivity index (χ2n) is 5.80. The molecule has 2 aliphatic heterocycles. The Hall–Kier alpha value is -0.320. The molecule has 2 N–H and O–H groups in total. The normalized spacial score (nSPS) is 26.6. The molecule has 2 atom stereocenters. The van der Waals surface area contributed by atoms with Crippen LogP contribution in [0.1, 0.15) is 39.0 Å². The van der Waals surface area contributed by atoms with Crippen molar-refractivity contribution in [3.8, 4) is 0 Å². The van der Waals surface area contributed by atoms with Crippen LogP contribution < -0.4 is 5.73 Å². The summed E-state index contributed by atoms with van der Waals surface area (Å²) < 4.78 is 0. The van der Waals surface area contributed by atoms with Crippen molar-refractivity contribution >= 4 is 18.3 Å². The predicted molar refractivity (Wildman–Crippen MR) is 80.5 cm³/mol. The maximum atomic E-state index is 12.5. The molecule has 0 radical (unpaired) electrons. The summed E-state index contributed by atoms with van der Waals surface area (Å²) in [6.45, 7) is 6.75. The Labute approximate surface area is 123 Å². The van der Waals surface area contributed by atoms with E-state index in [1.54, 1.807) is 0 Å². The fourth-order valence-corrected chi connectivity index (χ4v) is 3.12. The third kappa shape index (κ3) is 4.33. The van der Waals surface area contributed by atoms with Crippen LogP contribution in [0.15, 0.2) is 0 Å². The lowest BCUT2D eigenvalue weighted by molar-refractivity contribution is -0.136. The summed E-state index contributed by atoms with van der Waals surface area (Å²) in [5.74, 6) is 0.916. The van der Waals surface area contributed by atoms with Crippen molar-refractivity contribution in [2.24, 2.45) is 11.7 Å². The lowest BCUT2D eigenvalue weighted by atomic mass is 10.1. The molecule has 0 aromatic rings. The van der Waals surface area contributed by atoms with E-state index < -0.39 is 0 Å². The Morgan fingerprint density at radius 1 is 1.21 bits per heavy atom. The topological polar surface area (TPSA) is 49.6 Å². The average Bonchev–Trinajstić information content (AvgIpc) is 2.71. The van der Waals surface area contributed by atoms with Gasteiger partial charge in [-0.05, 0) is 45.2 Å². The van der Waals surface area contributed by atoms with Crippen LogP contribution in [0, 0.1) is 5.92 Å². The van der Waals surface area contributed by atoms with Crippen LogP contribution in [-0.2, 0) is 4.79 Å². The minimum atomic E-state index is 0. The summed E-state index contributed by atoms with van der Waals surface area (Å²) in [6, 6.07) is 0.0413. The van der Waals surface area contributed by atoms with Gasteiger partial charge in [0.2, 0.25) is 5.91 Å². The zero-order valence-electron chi connectivity index (χ0n) is 12.0. The molecule has 0 saturated carbocycles. The van der Waals surface area contributed by atoms with Gasteiger partial charge in [-0.15, -0.1) is 12.4 Å². The molecule has 4 nitrogen and oxygen atoms in total. The van der Waals surface area contributed by atoms with E-state index in [1.165, 1.54) is 25.7 Å². The van der Waals surface area contributed by atoms with Crippen LogP contribution in [-0.4, -0.2) is 54.5 Å². The average molecular weight is 290 g/mol. The lowest BCUT2D eigenvalue weighted by Crippen LogP contribution is -2.46. The summed E-state index contributed by atoms with van der Waals surface area (Å²) in [4.78, 5) is 16.9. The molecule has 2 aliphatic rings. The molecule has 19 heavy (non-hydrogen) atoms. The van der Waals surface area contributed by atoms with E-state index in [9.17, 15) is 4.79 Å².